The van der Waals surface area contributed by atoms with Crippen molar-refractivity contribution in [2.45, 2.75) is 6.92 Å². The van der Waals surface area contributed by atoms with Crippen LogP contribution in [0.2, 0.25) is 5.02 Å². The number of allylic oxidation sites excluding steroid dienone is 1. The van der Waals surface area contributed by atoms with Gasteiger partial charge in [-0.25, -0.2) is 4.79 Å². The van der Waals surface area contributed by atoms with Gasteiger partial charge in [-0.15, -0.1) is 0 Å². The first-order chi connectivity index (χ1) is 14.4. The molecule has 0 amide bonds. The van der Waals surface area contributed by atoms with Gasteiger partial charge in [0.05, 0.1) is 12.2 Å². The number of ketones is 2. The highest BCUT2D eigenvalue weighted by atomic mass is 35.5. The van der Waals surface area contributed by atoms with Crippen LogP contribution in [-0.2, 0) is 14.3 Å². The number of hydrogen-bond donors (Lipinski definition) is 2. The van der Waals surface area contributed by atoms with Gasteiger partial charge in [0.15, 0.2) is 5.78 Å². The Kier molecular flexibility index (Phi) is 6.49. The zero-order chi connectivity index (χ0) is 21.7. The molecule has 6 nitrogen and oxygen atoms in total. The number of rotatable bonds is 7. The number of aromatic nitrogens is 1. The summed E-state index contributed by atoms with van der Waals surface area (Å²) in [5.74, 6) is -3.36. The van der Waals surface area contributed by atoms with Gasteiger partial charge >= 0.3 is 5.97 Å². The molecule has 2 aromatic carbocycles. The van der Waals surface area contributed by atoms with Gasteiger partial charge in [-0.2, -0.15) is 0 Å². The molecule has 30 heavy (non-hydrogen) atoms. The number of para-hydroxylation sites is 1. The summed E-state index contributed by atoms with van der Waals surface area (Å²) in [5, 5.41) is 11.8. The molecular weight excluding hydrogens is 406 g/mol. The van der Waals surface area contributed by atoms with Gasteiger partial charge in [-0.05, 0) is 43.3 Å². The summed E-state index contributed by atoms with van der Waals surface area (Å²) in [6.45, 7) is 1.57. The molecule has 2 N–H and O–H groups in total. The standard InChI is InChI=1S/C23H18ClNO5/c1-2-30-23(29)21(27)12-20(26)18(22(28)14-7-9-16(24)10-8-14)11-15-13-25-19-6-4-3-5-17(15)19/h3-13,25-26H,2H2,1H3/b18-11-,20-12-. The maximum absolute atomic E-state index is 13.1. The highest BCUT2D eigenvalue weighted by Gasteiger charge is 2.21. The van der Waals surface area contributed by atoms with E-state index in [4.69, 9.17) is 11.6 Å². The molecule has 0 aliphatic heterocycles. The predicted octanol–water partition coefficient (Wildman–Crippen LogP) is 4.66. The van der Waals surface area contributed by atoms with Crippen LogP contribution in [0.15, 0.2) is 72.1 Å². The Morgan fingerprint density at radius 3 is 2.50 bits per heavy atom. The number of fused-ring (bicyclic) bond motifs is 1. The molecule has 152 valence electrons. The number of esters is 1. The van der Waals surface area contributed by atoms with Crippen LogP contribution in [0, 0.1) is 0 Å². The fraction of sp³-hybridized carbons (Fsp3) is 0.0870. The van der Waals surface area contributed by atoms with Crippen LogP contribution in [0.3, 0.4) is 0 Å². The SMILES string of the molecule is CCOC(=O)C(=O)/C=C(O)/C(=C/c1c[nH]c2ccccc12)C(=O)c1ccc(Cl)cc1. The van der Waals surface area contributed by atoms with Crippen molar-refractivity contribution >= 4 is 46.1 Å². The summed E-state index contributed by atoms with van der Waals surface area (Å²) >= 11 is 5.89. The number of nitrogens with one attached hydrogen (secondary N) is 1. The number of ether oxygens (including phenoxy) is 1. The van der Waals surface area contributed by atoms with Crippen molar-refractivity contribution < 1.29 is 24.2 Å². The largest absolute Gasteiger partial charge is 0.507 e. The Balaban J connectivity index is 2.08. The summed E-state index contributed by atoms with van der Waals surface area (Å²) in [4.78, 5) is 39.8. The Morgan fingerprint density at radius 1 is 1.10 bits per heavy atom. The van der Waals surface area contributed by atoms with Crippen LogP contribution in [-0.4, -0.2) is 34.2 Å². The van der Waals surface area contributed by atoms with Crippen molar-refractivity contribution in [1.29, 1.82) is 0 Å². The van der Waals surface area contributed by atoms with Crippen molar-refractivity contribution in [3.8, 4) is 0 Å². The van der Waals surface area contributed by atoms with Gasteiger partial charge < -0.3 is 14.8 Å². The minimum absolute atomic E-state index is 0.0148. The van der Waals surface area contributed by atoms with Crippen LogP contribution in [0.4, 0.5) is 0 Å². The molecule has 1 heterocycles. The third-order valence-corrected chi connectivity index (χ3v) is 4.54. The maximum atomic E-state index is 13.1. The number of carbonyl (C=O) groups is 3. The number of halogens is 1. The average Bonchev–Trinajstić information content (AvgIpc) is 3.15. The van der Waals surface area contributed by atoms with Crippen LogP contribution >= 0.6 is 11.6 Å². The number of aliphatic hydroxyl groups excluding tert-OH is 1. The first kappa shape index (κ1) is 21.1. The Hall–Kier alpha value is -3.64. The Labute approximate surface area is 177 Å². The van der Waals surface area contributed by atoms with Crippen LogP contribution in [0.1, 0.15) is 22.8 Å². The van der Waals surface area contributed by atoms with Gasteiger partial charge in [0.2, 0.25) is 0 Å². The minimum atomic E-state index is -1.12. The zero-order valence-corrected chi connectivity index (χ0v) is 16.8. The number of benzene rings is 2. The smallest absolute Gasteiger partial charge is 0.379 e. The fourth-order valence-corrected chi connectivity index (χ4v) is 2.97. The van der Waals surface area contributed by atoms with E-state index in [-0.39, 0.29) is 17.7 Å². The van der Waals surface area contributed by atoms with Crippen molar-refractivity contribution in [3.05, 3.63) is 88.3 Å². The molecule has 0 fully saturated rings. The molecular formula is C23H18ClNO5. The summed E-state index contributed by atoms with van der Waals surface area (Å²) in [6, 6.07) is 13.5. The quantitative estimate of drug-likeness (QED) is 0.144. The van der Waals surface area contributed by atoms with Crippen LogP contribution < -0.4 is 0 Å². The van der Waals surface area contributed by atoms with Gasteiger partial charge in [0.1, 0.15) is 5.76 Å². The van der Waals surface area contributed by atoms with Crippen molar-refractivity contribution in [1.82, 2.24) is 4.98 Å². The summed E-state index contributed by atoms with van der Waals surface area (Å²) < 4.78 is 4.64. The van der Waals surface area contributed by atoms with Crippen LogP contribution in [0.25, 0.3) is 17.0 Å². The highest BCUT2D eigenvalue weighted by molar-refractivity contribution is 6.38. The zero-order valence-electron chi connectivity index (χ0n) is 16.0. The van der Waals surface area contributed by atoms with E-state index in [0.717, 1.165) is 10.9 Å². The normalized spacial score (nSPS) is 12.1. The van der Waals surface area contributed by atoms with Gasteiger partial charge in [-0.3, -0.25) is 9.59 Å². The van der Waals surface area contributed by atoms with E-state index in [0.29, 0.717) is 16.7 Å². The lowest BCUT2D eigenvalue weighted by atomic mass is 9.98. The molecule has 0 bridgehead atoms. The van der Waals surface area contributed by atoms with E-state index in [2.05, 4.69) is 9.72 Å². The number of H-pyrrole nitrogens is 1. The molecule has 0 atom stereocenters. The Bertz CT molecular complexity index is 1170. The molecule has 0 saturated heterocycles. The molecule has 1 aromatic heterocycles. The van der Waals surface area contributed by atoms with Crippen LogP contribution in [0.5, 0.6) is 0 Å². The summed E-state index contributed by atoms with van der Waals surface area (Å²) in [6.07, 6.45) is 3.83. The number of aliphatic hydroxyl groups is 1. The average molecular weight is 424 g/mol. The monoisotopic (exact) mass is 423 g/mol. The van der Waals surface area contributed by atoms with E-state index < -0.39 is 23.3 Å². The van der Waals surface area contributed by atoms with E-state index >= 15 is 0 Å². The van der Waals surface area contributed by atoms with Gasteiger partial charge in [0, 0.05) is 39.3 Å². The second kappa shape index (κ2) is 9.24. The number of aromatic amines is 1. The summed E-state index contributed by atoms with van der Waals surface area (Å²) in [7, 11) is 0. The van der Waals surface area contributed by atoms with Crippen molar-refractivity contribution in [2.75, 3.05) is 6.61 Å². The van der Waals surface area contributed by atoms with E-state index in [1.807, 2.05) is 24.3 Å². The third-order valence-electron chi connectivity index (χ3n) is 4.29. The topological polar surface area (TPSA) is 96.5 Å². The second-order valence-corrected chi connectivity index (χ2v) is 6.73. The third kappa shape index (κ3) is 4.67. The predicted molar refractivity (Wildman–Crippen MR) is 114 cm³/mol. The first-order valence-corrected chi connectivity index (χ1v) is 9.48. The molecule has 0 unspecified atom stereocenters. The molecule has 7 heteroatoms. The lowest BCUT2D eigenvalue weighted by Gasteiger charge is -2.07. The molecule has 0 aliphatic rings. The first-order valence-electron chi connectivity index (χ1n) is 9.11. The lowest BCUT2D eigenvalue weighted by Crippen LogP contribution is -2.16. The van der Waals surface area contributed by atoms with Crippen molar-refractivity contribution in [3.63, 3.8) is 0 Å². The number of Topliss-reactive ketones (excluding diaryl/α,β-unsaturated/α-hetero) is 1. The van der Waals surface area contributed by atoms with E-state index in [9.17, 15) is 19.5 Å². The molecule has 0 spiro atoms. The molecule has 3 aromatic rings. The second-order valence-electron chi connectivity index (χ2n) is 6.30. The number of carbonyl (C=O) groups excluding carboxylic acids is 3. The summed E-state index contributed by atoms with van der Waals surface area (Å²) in [5.41, 5.74) is 1.58. The van der Waals surface area contributed by atoms with Gasteiger partial charge in [0.25, 0.3) is 5.78 Å². The fourth-order valence-electron chi connectivity index (χ4n) is 2.84. The van der Waals surface area contributed by atoms with E-state index in [1.54, 1.807) is 25.3 Å². The minimum Gasteiger partial charge on any atom is -0.507 e. The van der Waals surface area contributed by atoms with Gasteiger partial charge in [-0.1, -0.05) is 29.8 Å². The highest BCUT2D eigenvalue weighted by Crippen LogP contribution is 2.25. The number of hydrogen-bond acceptors (Lipinski definition) is 5. The Morgan fingerprint density at radius 2 is 1.80 bits per heavy atom. The molecule has 0 aliphatic carbocycles. The lowest BCUT2D eigenvalue weighted by molar-refractivity contribution is -0.151. The molecule has 0 radical (unpaired) electrons. The van der Waals surface area contributed by atoms with Crippen molar-refractivity contribution in [2.24, 2.45) is 0 Å². The molecule has 0 saturated carbocycles. The van der Waals surface area contributed by atoms with E-state index in [1.165, 1.54) is 18.2 Å². The molecule has 3 rings (SSSR count). The maximum Gasteiger partial charge on any atom is 0.379 e.